The highest BCUT2D eigenvalue weighted by molar-refractivity contribution is 9.10. The van der Waals surface area contributed by atoms with E-state index in [2.05, 4.69) is 51.6 Å². The molecule has 3 nitrogen and oxygen atoms in total. The van der Waals surface area contributed by atoms with E-state index in [1.165, 1.54) is 5.56 Å². The molecule has 0 amide bonds. The molecule has 0 saturated heterocycles. The van der Waals surface area contributed by atoms with Crippen molar-refractivity contribution in [3.05, 3.63) is 76.5 Å². The number of halogens is 1. The number of benzene rings is 2. The number of nitrogens with one attached hydrogen (secondary N) is 1. The van der Waals surface area contributed by atoms with Crippen LogP contribution in [0.25, 0.3) is 5.69 Å². The van der Waals surface area contributed by atoms with Crippen LogP contribution in [0.5, 0.6) is 0 Å². The average Bonchev–Trinajstić information content (AvgIpc) is 2.98. The summed E-state index contributed by atoms with van der Waals surface area (Å²) in [7, 11) is 0. The van der Waals surface area contributed by atoms with Gasteiger partial charge in [-0.3, -0.25) is 0 Å². The SMILES string of the molecule is Cc1ccc(Br)cc1NCc1cnn(-c2ccccc2)c1. The molecule has 4 heteroatoms. The first-order valence-electron chi connectivity index (χ1n) is 6.81. The van der Waals surface area contributed by atoms with E-state index in [9.17, 15) is 0 Å². The summed E-state index contributed by atoms with van der Waals surface area (Å²) < 4.78 is 2.97. The number of para-hydroxylation sites is 1. The Bertz CT molecular complexity index is 735. The highest BCUT2D eigenvalue weighted by Gasteiger charge is 2.02. The molecule has 0 unspecified atom stereocenters. The fraction of sp³-hybridized carbons (Fsp3) is 0.118. The first kappa shape index (κ1) is 13.9. The molecule has 106 valence electrons. The number of aryl methyl sites for hydroxylation is 1. The standard InChI is InChI=1S/C17H16BrN3/c1-13-7-8-15(18)9-17(13)19-10-14-11-20-21(12-14)16-5-3-2-4-6-16/h2-9,11-12,19H,10H2,1H3. The largest absolute Gasteiger partial charge is 0.381 e. The quantitative estimate of drug-likeness (QED) is 0.754. The molecule has 21 heavy (non-hydrogen) atoms. The fourth-order valence-electron chi connectivity index (χ4n) is 2.16. The maximum atomic E-state index is 4.41. The second-order valence-electron chi connectivity index (χ2n) is 4.94. The zero-order valence-corrected chi connectivity index (χ0v) is 13.3. The molecule has 1 heterocycles. The monoisotopic (exact) mass is 341 g/mol. The summed E-state index contributed by atoms with van der Waals surface area (Å²) in [6, 6.07) is 16.4. The normalized spacial score (nSPS) is 10.6. The highest BCUT2D eigenvalue weighted by atomic mass is 79.9. The fourth-order valence-corrected chi connectivity index (χ4v) is 2.52. The van der Waals surface area contributed by atoms with Gasteiger partial charge in [-0.05, 0) is 36.8 Å². The topological polar surface area (TPSA) is 29.9 Å². The van der Waals surface area contributed by atoms with Gasteiger partial charge in [-0.25, -0.2) is 4.68 Å². The second-order valence-corrected chi connectivity index (χ2v) is 5.86. The smallest absolute Gasteiger partial charge is 0.0645 e. The summed E-state index contributed by atoms with van der Waals surface area (Å²) in [6.45, 7) is 2.85. The first-order chi connectivity index (χ1) is 10.2. The third kappa shape index (κ3) is 3.34. The Morgan fingerprint density at radius 3 is 2.76 bits per heavy atom. The van der Waals surface area contributed by atoms with Crippen LogP contribution in [0.4, 0.5) is 5.69 Å². The van der Waals surface area contributed by atoms with Gasteiger partial charge in [-0.15, -0.1) is 0 Å². The molecule has 0 spiro atoms. The number of anilines is 1. The molecule has 0 radical (unpaired) electrons. The molecular formula is C17H16BrN3. The van der Waals surface area contributed by atoms with Crippen molar-refractivity contribution in [2.45, 2.75) is 13.5 Å². The minimum atomic E-state index is 0.754. The number of rotatable bonds is 4. The molecule has 3 aromatic rings. The van der Waals surface area contributed by atoms with Crippen LogP contribution >= 0.6 is 15.9 Å². The lowest BCUT2D eigenvalue weighted by Crippen LogP contribution is -2.00. The van der Waals surface area contributed by atoms with Crippen molar-refractivity contribution in [2.75, 3.05) is 5.32 Å². The summed E-state index contributed by atoms with van der Waals surface area (Å²) >= 11 is 3.50. The van der Waals surface area contributed by atoms with Crippen molar-refractivity contribution in [1.82, 2.24) is 9.78 Å². The van der Waals surface area contributed by atoms with Gasteiger partial charge in [0.25, 0.3) is 0 Å². The summed E-state index contributed by atoms with van der Waals surface area (Å²) in [6.07, 6.45) is 3.95. The molecular weight excluding hydrogens is 326 g/mol. The zero-order chi connectivity index (χ0) is 14.7. The van der Waals surface area contributed by atoms with Crippen LogP contribution in [0, 0.1) is 6.92 Å². The summed E-state index contributed by atoms with van der Waals surface area (Å²) in [4.78, 5) is 0. The molecule has 1 aromatic heterocycles. The molecule has 0 fully saturated rings. The molecule has 2 aromatic carbocycles. The predicted octanol–water partition coefficient (Wildman–Crippen LogP) is 4.56. The Balaban J connectivity index is 1.72. The number of nitrogens with zero attached hydrogens (tertiary/aromatic N) is 2. The van der Waals surface area contributed by atoms with Crippen LogP contribution in [0.3, 0.4) is 0 Å². The summed E-state index contributed by atoms with van der Waals surface area (Å²) in [5.41, 5.74) is 4.59. The van der Waals surface area contributed by atoms with E-state index in [-0.39, 0.29) is 0 Å². The van der Waals surface area contributed by atoms with Crippen molar-refractivity contribution >= 4 is 21.6 Å². The van der Waals surface area contributed by atoms with Crippen LogP contribution in [0.2, 0.25) is 0 Å². The third-order valence-corrected chi connectivity index (χ3v) is 3.83. The van der Waals surface area contributed by atoms with Gasteiger partial charge in [-0.2, -0.15) is 5.10 Å². The number of hydrogen-bond acceptors (Lipinski definition) is 2. The minimum absolute atomic E-state index is 0.754. The average molecular weight is 342 g/mol. The van der Waals surface area contributed by atoms with Crippen LogP contribution in [-0.2, 0) is 6.54 Å². The van der Waals surface area contributed by atoms with Gasteiger partial charge in [0, 0.05) is 28.5 Å². The third-order valence-electron chi connectivity index (χ3n) is 3.34. The van der Waals surface area contributed by atoms with E-state index < -0.39 is 0 Å². The van der Waals surface area contributed by atoms with Crippen molar-refractivity contribution < 1.29 is 0 Å². The second kappa shape index (κ2) is 6.14. The number of aromatic nitrogens is 2. The maximum Gasteiger partial charge on any atom is 0.0645 e. The van der Waals surface area contributed by atoms with Gasteiger partial charge in [0.15, 0.2) is 0 Å². The van der Waals surface area contributed by atoms with E-state index in [1.807, 2.05) is 47.3 Å². The molecule has 0 aliphatic rings. The van der Waals surface area contributed by atoms with Gasteiger partial charge in [0.2, 0.25) is 0 Å². The number of hydrogen-bond donors (Lipinski definition) is 1. The van der Waals surface area contributed by atoms with Gasteiger partial charge in [0.1, 0.15) is 0 Å². The van der Waals surface area contributed by atoms with Crippen LogP contribution < -0.4 is 5.32 Å². The first-order valence-corrected chi connectivity index (χ1v) is 7.61. The van der Waals surface area contributed by atoms with Crippen molar-refractivity contribution in [1.29, 1.82) is 0 Å². The Kier molecular flexibility index (Phi) is 4.06. The van der Waals surface area contributed by atoms with Crippen LogP contribution in [0.1, 0.15) is 11.1 Å². The van der Waals surface area contributed by atoms with Gasteiger partial charge < -0.3 is 5.32 Å². The lowest BCUT2D eigenvalue weighted by atomic mass is 10.2. The summed E-state index contributed by atoms with van der Waals surface area (Å²) in [5.74, 6) is 0. The molecule has 0 saturated carbocycles. The van der Waals surface area contributed by atoms with E-state index in [1.54, 1.807) is 0 Å². The molecule has 3 rings (SSSR count). The van der Waals surface area contributed by atoms with Crippen molar-refractivity contribution in [3.8, 4) is 5.69 Å². The Labute approximate surface area is 132 Å². The lowest BCUT2D eigenvalue weighted by Gasteiger charge is -2.08. The predicted molar refractivity (Wildman–Crippen MR) is 89.8 cm³/mol. The Hall–Kier alpha value is -2.07. The zero-order valence-electron chi connectivity index (χ0n) is 11.8. The van der Waals surface area contributed by atoms with E-state index in [0.717, 1.165) is 28.0 Å². The van der Waals surface area contributed by atoms with E-state index in [4.69, 9.17) is 0 Å². The van der Waals surface area contributed by atoms with Crippen molar-refractivity contribution in [3.63, 3.8) is 0 Å². The Morgan fingerprint density at radius 2 is 1.95 bits per heavy atom. The molecule has 1 N–H and O–H groups in total. The van der Waals surface area contributed by atoms with Gasteiger partial charge in [-0.1, -0.05) is 40.2 Å². The summed E-state index contributed by atoms with van der Waals surface area (Å²) in [5, 5.41) is 7.86. The van der Waals surface area contributed by atoms with E-state index >= 15 is 0 Å². The molecule has 0 atom stereocenters. The molecule has 0 aliphatic heterocycles. The molecule has 0 bridgehead atoms. The van der Waals surface area contributed by atoms with Gasteiger partial charge >= 0.3 is 0 Å². The van der Waals surface area contributed by atoms with E-state index in [0.29, 0.717) is 0 Å². The van der Waals surface area contributed by atoms with Gasteiger partial charge in [0.05, 0.1) is 11.9 Å². The maximum absolute atomic E-state index is 4.41. The van der Waals surface area contributed by atoms with Crippen LogP contribution in [-0.4, -0.2) is 9.78 Å². The van der Waals surface area contributed by atoms with Crippen molar-refractivity contribution in [2.24, 2.45) is 0 Å². The minimum Gasteiger partial charge on any atom is -0.381 e. The van der Waals surface area contributed by atoms with Crippen LogP contribution in [0.15, 0.2) is 65.4 Å². The Morgan fingerprint density at radius 1 is 1.14 bits per heavy atom. The molecule has 0 aliphatic carbocycles. The lowest BCUT2D eigenvalue weighted by molar-refractivity contribution is 0.880. The highest BCUT2D eigenvalue weighted by Crippen LogP contribution is 2.21.